The number of allylic oxidation sites excluding steroid dienone is 2. The summed E-state index contributed by atoms with van der Waals surface area (Å²) in [6.45, 7) is 3.00. The van der Waals surface area contributed by atoms with Gasteiger partial charge in [0.05, 0.1) is 12.7 Å². The fourth-order valence-electron chi connectivity index (χ4n) is 2.00. The molecule has 0 spiro atoms. The van der Waals surface area contributed by atoms with Gasteiger partial charge in [0.2, 0.25) is 0 Å². The van der Waals surface area contributed by atoms with Crippen molar-refractivity contribution in [1.29, 1.82) is 0 Å². The van der Waals surface area contributed by atoms with Crippen molar-refractivity contribution in [2.24, 2.45) is 5.92 Å². The van der Waals surface area contributed by atoms with Gasteiger partial charge >= 0.3 is 0 Å². The first-order valence-electron chi connectivity index (χ1n) is 5.28. The van der Waals surface area contributed by atoms with Gasteiger partial charge in [-0.05, 0) is 32.6 Å². The predicted octanol–water partition coefficient (Wildman–Crippen LogP) is 2.49. The van der Waals surface area contributed by atoms with E-state index < -0.39 is 0 Å². The molecule has 0 bridgehead atoms. The maximum absolute atomic E-state index is 5.77. The lowest BCUT2D eigenvalue weighted by Crippen LogP contribution is -2.36. The van der Waals surface area contributed by atoms with Crippen molar-refractivity contribution in [3.63, 3.8) is 0 Å². The Morgan fingerprint density at radius 1 is 1.23 bits per heavy atom. The van der Waals surface area contributed by atoms with E-state index in [2.05, 4.69) is 19.1 Å². The Kier molecular flexibility index (Phi) is 3.01. The molecular weight excluding hydrogens is 164 g/mol. The van der Waals surface area contributed by atoms with Gasteiger partial charge in [-0.3, -0.25) is 0 Å². The quantitative estimate of drug-likeness (QED) is 0.580. The molecule has 0 amide bonds. The van der Waals surface area contributed by atoms with Gasteiger partial charge in [0.1, 0.15) is 0 Å². The molecule has 2 heteroatoms. The zero-order chi connectivity index (χ0) is 9.10. The molecule has 0 aromatic carbocycles. The van der Waals surface area contributed by atoms with Crippen LogP contribution in [0.1, 0.15) is 32.6 Å². The van der Waals surface area contributed by atoms with Gasteiger partial charge in [0, 0.05) is 5.92 Å². The summed E-state index contributed by atoms with van der Waals surface area (Å²) in [5.74, 6) is 0.591. The maximum atomic E-state index is 5.77. The van der Waals surface area contributed by atoms with Crippen LogP contribution in [-0.4, -0.2) is 19.0 Å². The first-order chi connectivity index (χ1) is 6.36. The highest BCUT2D eigenvalue weighted by molar-refractivity contribution is 4.91. The summed E-state index contributed by atoms with van der Waals surface area (Å²) in [5.41, 5.74) is 0. The van der Waals surface area contributed by atoms with Gasteiger partial charge in [0.25, 0.3) is 0 Å². The molecule has 0 N–H and O–H groups in total. The molecule has 13 heavy (non-hydrogen) atoms. The Labute approximate surface area is 79.9 Å². The molecule has 1 aliphatic carbocycles. The van der Waals surface area contributed by atoms with E-state index in [1.807, 2.05) is 0 Å². The lowest BCUT2D eigenvalue weighted by molar-refractivity contribution is -0.232. The van der Waals surface area contributed by atoms with Crippen LogP contribution in [0.4, 0.5) is 0 Å². The summed E-state index contributed by atoms with van der Waals surface area (Å²) in [4.78, 5) is 0. The maximum Gasteiger partial charge on any atom is 0.161 e. The number of hydrogen-bond acceptors (Lipinski definition) is 2. The molecule has 0 unspecified atom stereocenters. The molecule has 0 aromatic heterocycles. The zero-order valence-electron chi connectivity index (χ0n) is 8.24. The van der Waals surface area contributed by atoms with Crippen molar-refractivity contribution in [3.05, 3.63) is 12.2 Å². The minimum absolute atomic E-state index is 0.0636. The van der Waals surface area contributed by atoms with Gasteiger partial charge < -0.3 is 9.47 Å². The number of ether oxygens (including phenoxy) is 2. The summed E-state index contributed by atoms with van der Waals surface area (Å²) in [6, 6.07) is 0. The Morgan fingerprint density at radius 2 is 2.15 bits per heavy atom. The Morgan fingerprint density at radius 3 is 2.85 bits per heavy atom. The normalized spacial score (nSPS) is 40.5. The first kappa shape index (κ1) is 9.22. The summed E-state index contributed by atoms with van der Waals surface area (Å²) in [7, 11) is 0. The largest absolute Gasteiger partial charge is 0.352 e. The van der Waals surface area contributed by atoms with Crippen LogP contribution in [0.15, 0.2) is 12.2 Å². The molecule has 2 rings (SSSR count). The number of rotatable bonds is 1. The molecule has 74 valence electrons. The fourth-order valence-corrected chi connectivity index (χ4v) is 2.00. The first-order valence-corrected chi connectivity index (χ1v) is 5.28. The average molecular weight is 182 g/mol. The molecule has 1 heterocycles. The fraction of sp³-hybridized carbons (Fsp3) is 0.818. The molecule has 0 radical (unpaired) electrons. The topological polar surface area (TPSA) is 18.5 Å². The van der Waals surface area contributed by atoms with Crippen molar-refractivity contribution in [2.75, 3.05) is 6.61 Å². The molecular formula is C11H18O2. The van der Waals surface area contributed by atoms with E-state index in [-0.39, 0.29) is 6.29 Å². The molecule has 2 aliphatic rings. The molecule has 3 atom stereocenters. The lowest BCUT2D eigenvalue weighted by Gasteiger charge is -2.34. The van der Waals surface area contributed by atoms with E-state index >= 15 is 0 Å². The third-order valence-electron chi connectivity index (χ3n) is 2.87. The molecule has 1 saturated heterocycles. The number of hydrogen-bond donors (Lipinski definition) is 0. The zero-order valence-corrected chi connectivity index (χ0v) is 8.24. The SMILES string of the molecule is C[C@@H]1CCO[C@@H]([C@@H]2CC=CCC2)O1. The van der Waals surface area contributed by atoms with Crippen LogP contribution in [0.3, 0.4) is 0 Å². The monoisotopic (exact) mass is 182 g/mol. The van der Waals surface area contributed by atoms with Crippen LogP contribution in [0, 0.1) is 5.92 Å². The van der Waals surface area contributed by atoms with Gasteiger partial charge in [-0.15, -0.1) is 0 Å². The summed E-state index contributed by atoms with van der Waals surface area (Å²) < 4.78 is 11.4. The van der Waals surface area contributed by atoms with Crippen molar-refractivity contribution >= 4 is 0 Å². The van der Waals surface area contributed by atoms with E-state index in [1.54, 1.807) is 0 Å². The van der Waals surface area contributed by atoms with Crippen LogP contribution in [-0.2, 0) is 9.47 Å². The highest BCUT2D eigenvalue weighted by Crippen LogP contribution is 2.27. The van der Waals surface area contributed by atoms with Crippen molar-refractivity contribution in [1.82, 2.24) is 0 Å². The van der Waals surface area contributed by atoms with Gasteiger partial charge in [-0.1, -0.05) is 12.2 Å². The van der Waals surface area contributed by atoms with E-state index in [4.69, 9.17) is 9.47 Å². The standard InChI is InChI=1S/C11H18O2/c1-9-7-8-12-11(13-9)10-5-3-2-4-6-10/h2-3,9-11H,4-8H2,1H3/t9-,10-,11-/m1/s1. The van der Waals surface area contributed by atoms with E-state index in [0.29, 0.717) is 12.0 Å². The van der Waals surface area contributed by atoms with E-state index in [9.17, 15) is 0 Å². The van der Waals surface area contributed by atoms with Crippen molar-refractivity contribution < 1.29 is 9.47 Å². The van der Waals surface area contributed by atoms with Crippen molar-refractivity contribution in [3.8, 4) is 0 Å². The van der Waals surface area contributed by atoms with Gasteiger partial charge in [-0.2, -0.15) is 0 Å². The molecule has 1 fully saturated rings. The Hall–Kier alpha value is -0.340. The van der Waals surface area contributed by atoms with Gasteiger partial charge in [-0.25, -0.2) is 0 Å². The smallest absolute Gasteiger partial charge is 0.161 e. The molecule has 0 saturated carbocycles. The minimum atomic E-state index is 0.0636. The third-order valence-corrected chi connectivity index (χ3v) is 2.87. The lowest BCUT2D eigenvalue weighted by atomic mass is 9.93. The second-order valence-corrected chi connectivity index (χ2v) is 4.02. The van der Waals surface area contributed by atoms with Crippen LogP contribution >= 0.6 is 0 Å². The van der Waals surface area contributed by atoms with Gasteiger partial charge in [0.15, 0.2) is 6.29 Å². The molecule has 2 nitrogen and oxygen atoms in total. The van der Waals surface area contributed by atoms with E-state index in [1.165, 1.54) is 12.8 Å². The van der Waals surface area contributed by atoms with Crippen LogP contribution in [0.5, 0.6) is 0 Å². The second kappa shape index (κ2) is 4.25. The minimum Gasteiger partial charge on any atom is -0.352 e. The summed E-state index contributed by atoms with van der Waals surface area (Å²) in [5, 5.41) is 0. The van der Waals surface area contributed by atoms with E-state index in [0.717, 1.165) is 19.4 Å². The Bertz CT molecular complexity index is 189. The van der Waals surface area contributed by atoms with Crippen LogP contribution in [0.2, 0.25) is 0 Å². The van der Waals surface area contributed by atoms with Crippen LogP contribution < -0.4 is 0 Å². The Balaban J connectivity index is 1.88. The predicted molar refractivity (Wildman–Crippen MR) is 51.4 cm³/mol. The third kappa shape index (κ3) is 2.32. The summed E-state index contributed by atoms with van der Waals surface area (Å²) >= 11 is 0. The highest BCUT2D eigenvalue weighted by Gasteiger charge is 2.27. The van der Waals surface area contributed by atoms with Crippen molar-refractivity contribution in [2.45, 2.75) is 45.0 Å². The molecule has 1 aliphatic heterocycles. The molecule has 0 aromatic rings. The average Bonchev–Trinajstić information content (AvgIpc) is 2.19. The second-order valence-electron chi connectivity index (χ2n) is 4.02. The summed E-state index contributed by atoms with van der Waals surface area (Å²) in [6.07, 6.45) is 9.51. The highest BCUT2D eigenvalue weighted by atomic mass is 16.7. The van der Waals surface area contributed by atoms with Crippen LogP contribution in [0.25, 0.3) is 0 Å².